The maximum atomic E-state index is 0. The molecule has 4 heavy (non-hydrogen) atoms. The Kier molecular flexibility index (Phi) is 199. The smallest absolute Gasteiger partial charge is 0 e. The fourth-order valence-electron chi connectivity index (χ4n) is 0. The van der Waals surface area contributed by atoms with Crippen LogP contribution in [0.15, 0.2) is 0 Å². The molecule has 1 atom stereocenters. The van der Waals surface area contributed by atoms with Gasteiger partial charge in [-0.3, -0.25) is 0 Å². The van der Waals surface area contributed by atoms with Gasteiger partial charge in [0.25, 0.3) is 0 Å². The normalized spacial score (nSPS) is 0. The molecule has 9 radical (unpaired) electrons. The van der Waals surface area contributed by atoms with Crippen LogP contribution < -0.4 is 0 Å². The Bertz CT molecular complexity index is 8.00. The molecule has 0 nitrogen and oxygen atoms in total. The van der Waals surface area contributed by atoms with Gasteiger partial charge in [-0.2, -0.15) is 9.90 Å². The van der Waals surface area contributed by atoms with Crippen LogP contribution in [0.1, 0.15) is 0 Å². The van der Waals surface area contributed by atoms with Crippen molar-refractivity contribution in [2.45, 2.75) is 0 Å². The predicted octanol–water partition coefficient (Wildman–Crippen LogP) is -1.08. The standard InChI is InChI=1S/As.B.In.H3P/h;;;1H3. The third-order valence-electron chi connectivity index (χ3n) is 0. The molecule has 0 saturated carbocycles. The van der Waals surface area contributed by atoms with Crippen molar-refractivity contribution in [3.8, 4) is 0 Å². The molecule has 0 aliphatic carbocycles. The minimum Gasteiger partial charge on any atom is -0.153 e. The van der Waals surface area contributed by atoms with Crippen LogP contribution in [0.2, 0.25) is 0 Å². The van der Waals surface area contributed by atoms with Crippen molar-refractivity contribution < 1.29 is 0 Å². The fraction of sp³-hybridized carbons (Fsp3) is 0. The van der Waals surface area contributed by atoms with E-state index in [-0.39, 0.29) is 62.1 Å². The first kappa shape index (κ1) is 38.8. The molecule has 0 N–H and O–H groups in total. The van der Waals surface area contributed by atoms with Gasteiger partial charge in [0.05, 0.1) is 0 Å². The van der Waals surface area contributed by atoms with E-state index in [0.29, 0.717) is 0 Å². The van der Waals surface area contributed by atoms with Crippen LogP contribution in [0.25, 0.3) is 0 Å². The van der Waals surface area contributed by atoms with E-state index in [1.54, 1.807) is 0 Å². The molecule has 0 rings (SSSR count). The summed E-state index contributed by atoms with van der Waals surface area (Å²) in [5, 5.41) is 0. The van der Waals surface area contributed by atoms with Gasteiger partial charge in [-0.15, -0.1) is 0 Å². The van der Waals surface area contributed by atoms with E-state index in [4.69, 9.17) is 0 Å². The summed E-state index contributed by atoms with van der Waals surface area (Å²) in [6.07, 6.45) is 0. The van der Waals surface area contributed by atoms with E-state index >= 15 is 0 Å². The van der Waals surface area contributed by atoms with Gasteiger partial charge < -0.3 is 0 Å². The van der Waals surface area contributed by atoms with Crippen molar-refractivity contribution in [1.29, 1.82) is 0 Å². The molecule has 1 unspecified atom stereocenters. The molecule has 0 fully saturated rings. The van der Waals surface area contributed by atoms with Crippen molar-refractivity contribution >= 4 is 62.1 Å². The summed E-state index contributed by atoms with van der Waals surface area (Å²) in [5.74, 6) is 0. The monoisotopic (exact) mass is 235 g/mol. The molecular weight excluding hydrogens is 232 g/mol. The van der Waals surface area contributed by atoms with Gasteiger partial charge in [-0.25, -0.2) is 0 Å². The Balaban J connectivity index is 0. The average Bonchev–Trinajstić information content (AvgIpc) is 0. The predicted molar refractivity (Wildman–Crippen MR) is 28.4 cm³/mol. The first-order chi connectivity index (χ1) is 0. The molecule has 0 bridgehead atoms. The van der Waals surface area contributed by atoms with Crippen molar-refractivity contribution in [3.63, 3.8) is 0 Å². The number of hydrogen-bond donors (Lipinski definition) is 0. The zero-order chi connectivity index (χ0) is 0. The quantitative estimate of drug-likeness (QED) is 0.369. The summed E-state index contributed by atoms with van der Waals surface area (Å²) in [7, 11) is 0. The van der Waals surface area contributed by atoms with Crippen LogP contribution in [0.4, 0.5) is 0 Å². The van der Waals surface area contributed by atoms with Crippen LogP contribution in [-0.4, -0.2) is 52.2 Å². The molecule has 19 valence electrons. The van der Waals surface area contributed by atoms with E-state index in [1.807, 2.05) is 0 Å². The molecule has 4 heteroatoms. The van der Waals surface area contributed by atoms with Crippen LogP contribution in [-0.2, 0) is 0 Å². The largest absolute Gasteiger partial charge is 0.153 e. The van der Waals surface area contributed by atoms with Gasteiger partial charge in [0.1, 0.15) is 0 Å². The molecule has 0 saturated heterocycles. The van der Waals surface area contributed by atoms with Crippen molar-refractivity contribution in [3.05, 3.63) is 0 Å². The summed E-state index contributed by atoms with van der Waals surface area (Å²) < 4.78 is 0. The molecular formula is H3AsBInP. The Labute approximate surface area is 61.8 Å². The zero-order valence-corrected chi connectivity index (χ0v) is 8.90. The third kappa shape index (κ3) is 9.06. The Hall–Kier alpha value is 1.92. The second-order valence-electron chi connectivity index (χ2n) is 0. The minimum absolute atomic E-state index is 0. The number of hydrogen-bond acceptors (Lipinski definition) is 0. The van der Waals surface area contributed by atoms with Gasteiger partial charge in [0.2, 0.25) is 0 Å². The maximum Gasteiger partial charge on any atom is 0 e. The second-order valence-corrected chi connectivity index (χ2v) is 0. The van der Waals surface area contributed by atoms with Gasteiger partial charge >= 0.3 is 0 Å². The topological polar surface area (TPSA) is 0 Å². The second kappa shape index (κ2) is 20.5. The molecule has 0 aromatic rings. The molecule has 0 aliphatic rings. The Morgan fingerprint density at radius 3 is 1.00 bits per heavy atom. The minimum atomic E-state index is 0. The summed E-state index contributed by atoms with van der Waals surface area (Å²) in [6.45, 7) is 0. The van der Waals surface area contributed by atoms with Crippen molar-refractivity contribution in [1.82, 2.24) is 0 Å². The van der Waals surface area contributed by atoms with Crippen LogP contribution in [0, 0.1) is 0 Å². The molecule has 0 aromatic heterocycles. The van der Waals surface area contributed by atoms with E-state index < -0.39 is 0 Å². The van der Waals surface area contributed by atoms with Crippen LogP contribution >= 0.6 is 9.90 Å². The van der Waals surface area contributed by atoms with Crippen molar-refractivity contribution in [2.75, 3.05) is 0 Å². The van der Waals surface area contributed by atoms with Gasteiger partial charge in [0.15, 0.2) is 0 Å². The SMILES string of the molecule is P.[As].[B].[In]. The summed E-state index contributed by atoms with van der Waals surface area (Å²) in [6, 6.07) is 0. The maximum absolute atomic E-state index is 0. The molecule has 0 heterocycles. The fourth-order valence-corrected chi connectivity index (χ4v) is 0. The summed E-state index contributed by atoms with van der Waals surface area (Å²) >= 11 is 0. The third-order valence-corrected chi connectivity index (χ3v) is 0. The summed E-state index contributed by atoms with van der Waals surface area (Å²) in [4.78, 5) is 0. The zero-order valence-electron chi connectivity index (χ0n) is 2.31. The molecule has 0 aromatic carbocycles. The Morgan fingerprint density at radius 2 is 1.00 bits per heavy atom. The average molecular weight is 235 g/mol. The van der Waals surface area contributed by atoms with Crippen LogP contribution in [0.3, 0.4) is 0 Å². The molecule has 0 aliphatic heterocycles. The van der Waals surface area contributed by atoms with Crippen LogP contribution in [0.5, 0.6) is 0 Å². The van der Waals surface area contributed by atoms with Gasteiger partial charge in [-0.1, -0.05) is 0 Å². The van der Waals surface area contributed by atoms with E-state index in [1.165, 1.54) is 0 Å². The van der Waals surface area contributed by atoms with Crippen molar-refractivity contribution in [2.24, 2.45) is 0 Å². The van der Waals surface area contributed by atoms with E-state index in [2.05, 4.69) is 0 Å². The van der Waals surface area contributed by atoms with Gasteiger partial charge in [0, 0.05) is 52.2 Å². The first-order valence-electron chi connectivity index (χ1n) is 0. The molecule has 0 amide bonds. The van der Waals surface area contributed by atoms with E-state index in [9.17, 15) is 0 Å². The van der Waals surface area contributed by atoms with E-state index in [0.717, 1.165) is 0 Å². The Morgan fingerprint density at radius 1 is 1.00 bits per heavy atom. The number of rotatable bonds is 0. The molecule has 0 spiro atoms. The van der Waals surface area contributed by atoms with Gasteiger partial charge in [-0.05, 0) is 0 Å². The summed E-state index contributed by atoms with van der Waals surface area (Å²) in [5.41, 5.74) is 0. The first-order valence-corrected chi connectivity index (χ1v) is 0.